The molecule has 1 N–H and O–H groups in total. The molecule has 3 aromatic carbocycles. The minimum atomic E-state index is -1.86. The predicted molar refractivity (Wildman–Crippen MR) is 110 cm³/mol. The van der Waals surface area contributed by atoms with Crippen molar-refractivity contribution in [1.29, 1.82) is 0 Å². The molecule has 0 aliphatic carbocycles. The number of carbonyl (C=O) groups is 1. The fraction of sp³-hybridized carbons (Fsp3) is 0.130. The van der Waals surface area contributed by atoms with Crippen LogP contribution in [0.3, 0.4) is 0 Å². The Balaban J connectivity index is 1.72. The van der Waals surface area contributed by atoms with E-state index in [0.717, 1.165) is 12.7 Å². The number of rotatable bonds is 4. The molecule has 1 amide bonds. The lowest BCUT2D eigenvalue weighted by atomic mass is 10.1. The van der Waals surface area contributed by atoms with Gasteiger partial charge in [0.05, 0.1) is 7.11 Å². The Kier molecular flexibility index (Phi) is 5.33. The summed E-state index contributed by atoms with van der Waals surface area (Å²) in [6, 6.07) is 10.3. The number of oxazole rings is 1. The standard InChI is InChI=1S/C23H16F4N2O3/c1-10-4-7-15-14(8-10)29-23(32-15)12-6-5-11(2)13(9-12)28-22(30)16-17(24)19(26)21(31-3)20(27)18(16)25/h4-9H,1-3H3,(H,28,30). The van der Waals surface area contributed by atoms with Crippen molar-refractivity contribution in [2.75, 3.05) is 12.4 Å². The van der Waals surface area contributed by atoms with Gasteiger partial charge in [0.15, 0.2) is 23.0 Å². The summed E-state index contributed by atoms with van der Waals surface area (Å²) in [5, 5.41) is 2.29. The molecule has 0 saturated carbocycles. The third-order valence-electron chi connectivity index (χ3n) is 4.93. The van der Waals surface area contributed by atoms with E-state index in [9.17, 15) is 22.4 Å². The van der Waals surface area contributed by atoms with Gasteiger partial charge < -0.3 is 14.5 Å². The van der Waals surface area contributed by atoms with Crippen molar-refractivity contribution in [2.45, 2.75) is 13.8 Å². The van der Waals surface area contributed by atoms with Gasteiger partial charge in [0, 0.05) is 11.3 Å². The molecule has 0 spiro atoms. The molecule has 4 rings (SSSR count). The van der Waals surface area contributed by atoms with Crippen LogP contribution in [0.1, 0.15) is 21.5 Å². The molecule has 5 nitrogen and oxygen atoms in total. The van der Waals surface area contributed by atoms with Crippen molar-refractivity contribution in [3.63, 3.8) is 0 Å². The number of benzene rings is 3. The van der Waals surface area contributed by atoms with Gasteiger partial charge >= 0.3 is 0 Å². The van der Waals surface area contributed by atoms with E-state index in [2.05, 4.69) is 15.0 Å². The molecule has 164 valence electrons. The van der Waals surface area contributed by atoms with Gasteiger partial charge in [-0.15, -0.1) is 0 Å². The van der Waals surface area contributed by atoms with Crippen molar-refractivity contribution in [2.24, 2.45) is 0 Å². The van der Waals surface area contributed by atoms with Gasteiger partial charge in [-0.3, -0.25) is 4.79 Å². The zero-order valence-electron chi connectivity index (χ0n) is 17.1. The molecule has 9 heteroatoms. The number of aromatic nitrogens is 1. The van der Waals surface area contributed by atoms with E-state index < -0.39 is 40.5 Å². The lowest BCUT2D eigenvalue weighted by Gasteiger charge is -2.13. The van der Waals surface area contributed by atoms with Gasteiger partial charge in [-0.2, -0.15) is 8.78 Å². The third kappa shape index (κ3) is 3.55. The second-order valence-corrected chi connectivity index (χ2v) is 7.14. The second-order valence-electron chi connectivity index (χ2n) is 7.14. The molecule has 0 unspecified atom stereocenters. The van der Waals surface area contributed by atoms with Gasteiger partial charge in [0.1, 0.15) is 11.1 Å². The van der Waals surface area contributed by atoms with Crippen LogP contribution in [0.5, 0.6) is 5.75 Å². The molecular formula is C23H16F4N2O3. The van der Waals surface area contributed by atoms with E-state index >= 15 is 0 Å². The number of anilines is 1. The molecule has 0 saturated heterocycles. The molecule has 4 aromatic rings. The molecular weight excluding hydrogens is 428 g/mol. The highest BCUT2D eigenvalue weighted by Crippen LogP contribution is 2.32. The second kappa shape index (κ2) is 7.99. The highest BCUT2D eigenvalue weighted by atomic mass is 19.2. The summed E-state index contributed by atoms with van der Waals surface area (Å²) >= 11 is 0. The van der Waals surface area contributed by atoms with Gasteiger partial charge in [0.25, 0.3) is 5.91 Å². The number of carbonyl (C=O) groups excluding carboxylic acids is 1. The van der Waals surface area contributed by atoms with Gasteiger partial charge in [-0.25, -0.2) is 13.8 Å². The van der Waals surface area contributed by atoms with Crippen molar-refractivity contribution < 1.29 is 31.5 Å². The fourth-order valence-electron chi connectivity index (χ4n) is 3.23. The minimum Gasteiger partial charge on any atom is -0.491 e. The summed E-state index contributed by atoms with van der Waals surface area (Å²) in [6.45, 7) is 3.55. The molecule has 0 aliphatic rings. The van der Waals surface area contributed by atoms with Crippen LogP contribution in [0, 0.1) is 37.1 Å². The number of hydrogen-bond acceptors (Lipinski definition) is 4. The van der Waals surface area contributed by atoms with Crippen molar-refractivity contribution >= 4 is 22.7 Å². The van der Waals surface area contributed by atoms with Crippen molar-refractivity contribution in [3.05, 3.63) is 76.4 Å². The summed E-state index contributed by atoms with van der Waals surface area (Å²) in [5.41, 5.74) is 1.96. The zero-order chi connectivity index (χ0) is 23.2. The molecule has 0 bridgehead atoms. The number of nitrogens with one attached hydrogen (secondary N) is 1. The summed E-state index contributed by atoms with van der Waals surface area (Å²) in [6.07, 6.45) is 0. The minimum absolute atomic E-state index is 0.154. The molecule has 1 aromatic heterocycles. The Morgan fingerprint density at radius 1 is 0.969 bits per heavy atom. The average Bonchev–Trinajstić information content (AvgIpc) is 3.17. The Morgan fingerprint density at radius 3 is 2.31 bits per heavy atom. The van der Waals surface area contributed by atoms with Crippen LogP contribution in [0.25, 0.3) is 22.6 Å². The molecule has 0 atom stereocenters. The molecule has 0 fully saturated rings. The first-order valence-electron chi connectivity index (χ1n) is 9.40. The van der Waals surface area contributed by atoms with E-state index in [4.69, 9.17) is 4.42 Å². The third-order valence-corrected chi connectivity index (χ3v) is 4.93. The van der Waals surface area contributed by atoms with Crippen molar-refractivity contribution in [1.82, 2.24) is 4.98 Å². The van der Waals surface area contributed by atoms with Crippen LogP contribution in [0.4, 0.5) is 23.2 Å². The molecule has 0 radical (unpaired) electrons. The SMILES string of the molecule is COc1c(F)c(F)c(C(=O)Nc2cc(-c3nc4cc(C)ccc4o3)ccc2C)c(F)c1F. The number of hydrogen-bond donors (Lipinski definition) is 1. The van der Waals surface area contributed by atoms with Crippen molar-refractivity contribution in [3.8, 4) is 17.2 Å². The summed E-state index contributed by atoms with van der Waals surface area (Å²) in [4.78, 5) is 16.9. The predicted octanol–water partition coefficient (Wildman–Crippen LogP) is 5.93. The monoisotopic (exact) mass is 444 g/mol. The number of methoxy groups -OCH3 is 1. The van der Waals surface area contributed by atoms with E-state index in [1.165, 1.54) is 6.07 Å². The highest BCUT2D eigenvalue weighted by molar-refractivity contribution is 6.05. The topological polar surface area (TPSA) is 64.4 Å². The number of amides is 1. The van der Waals surface area contributed by atoms with Crippen LogP contribution < -0.4 is 10.1 Å². The molecule has 32 heavy (non-hydrogen) atoms. The molecule has 1 heterocycles. The number of ether oxygens (including phenoxy) is 1. The van der Waals surface area contributed by atoms with Crippen LogP contribution >= 0.6 is 0 Å². The fourth-order valence-corrected chi connectivity index (χ4v) is 3.23. The van der Waals surface area contributed by atoms with Crippen LogP contribution in [-0.2, 0) is 0 Å². The highest BCUT2D eigenvalue weighted by Gasteiger charge is 2.30. The smallest absolute Gasteiger partial charge is 0.261 e. The Bertz CT molecular complexity index is 1350. The maximum Gasteiger partial charge on any atom is 0.261 e. The van der Waals surface area contributed by atoms with Gasteiger partial charge in [0.2, 0.25) is 17.5 Å². The van der Waals surface area contributed by atoms with Gasteiger partial charge in [-0.1, -0.05) is 12.1 Å². The largest absolute Gasteiger partial charge is 0.491 e. The lowest BCUT2D eigenvalue weighted by Crippen LogP contribution is -2.19. The Morgan fingerprint density at radius 2 is 1.66 bits per heavy atom. The lowest BCUT2D eigenvalue weighted by molar-refractivity contribution is 0.101. The summed E-state index contributed by atoms with van der Waals surface area (Å²) < 4.78 is 66.6. The summed E-state index contributed by atoms with van der Waals surface area (Å²) in [5.74, 6) is -9.68. The Labute approximate surface area is 179 Å². The average molecular weight is 444 g/mol. The number of aryl methyl sites for hydroxylation is 2. The maximum atomic E-state index is 14.3. The first-order chi connectivity index (χ1) is 15.2. The summed E-state index contributed by atoms with van der Waals surface area (Å²) in [7, 11) is 0.850. The molecule has 0 aliphatic heterocycles. The van der Waals surface area contributed by atoms with E-state index in [-0.39, 0.29) is 11.6 Å². The first kappa shape index (κ1) is 21.4. The van der Waals surface area contributed by atoms with Crippen LogP contribution in [0.15, 0.2) is 40.8 Å². The normalized spacial score (nSPS) is 11.1. The number of nitrogens with zero attached hydrogens (tertiary/aromatic N) is 1. The van der Waals surface area contributed by atoms with Crippen LogP contribution in [-0.4, -0.2) is 18.0 Å². The quantitative estimate of drug-likeness (QED) is 0.313. The number of halogens is 4. The zero-order valence-corrected chi connectivity index (χ0v) is 17.1. The first-order valence-corrected chi connectivity index (χ1v) is 9.40. The van der Waals surface area contributed by atoms with E-state index in [1.54, 1.807) is 25.1 Å². The van der Waals surface area contributed by atoms with Gasteiger partial charge in [-0.05, 0) is 49.2 Å². The maximum absolute atomic E-state index is 14.3. The Hall–Kier alpha value is -3.88. The number of fused-ring (bicyclic) bond motifs is 1. The van der Waals surface area contributed by atoms with E-state index in [1.807, 2.05) is 19.1 Å². The van der Waals surface area contributed by atoms with Crippen LogP contribution in [0.2, 0.25) is 0 Å². The van der Waals surface area contributed by atoms with E-state index in [0.29, 0.717) is 22.2 Å².